The molecule has 0 aliphatic carbocycles. The van der Waals surface area contributed by atoms with E-state index in [1.807, 2.05) is 12.1 Å². The summed E-state index contributed by atoms with van der Waals surface area (Å²) in [5.41, 5.74) is 1.72. The Bertz CT molecular complexity index is 329. The topological polar surface area (TPSA) is 21.3 Å². The number of benzene rings is 1. The van der Waals surface area contributed by atoms with Crippen LogP contribution in [0.1, 0.15) is 18.9 Å². The van der Waals surface area contributed by atoms with Crippen LogP contribution < -0.4 is 10.1 Å². The molecule has 1 heterocycles. The molecule has 0 radical (unpaired) electrons. The highest BCUT2D eigenvalue weighted by Crippen LogP contribution is 2.32. The number of hydrogen-bond donors (Lipinski definition) is 1. The van der Waals surface area contributed by atoms with Crippen molar-refractivity contribution >= 4 is 0 Å². The van der Waals surface area contributed by atoms with Crippen molar-refractivity contribution in [2.75, 3.05) is 20.2 Å². The number of methoxy groups -OCH3 is 1. The standard InChI is InChI=1S/C13H19NO/c1-13(7-8-14-10-13)9-11-5-3-4-6-12(11)15-2/h3-6,14H,7-10H2,1-2H3. The van der Waals surface area contributed by atoms with Crippen molar-refractivity contribution in [3.05, 3.63) is 29.8 Å². The second-order valence-corrected chi connectivity index (χ2v) is 4.73. The third-order valence-corrected chi connectivity index (χ3v) is 3.27. The van der Waals surface area contributed by atoms with E-state index in [1.54, 1.807) is 7.11 Å². The first-order valence-corrected chi connectivity index (χ1v) is 5.56. The maximum absolute atomic E-state index is 5.38. The van der Waals surface area contributed by atoms with Gasteiger partial charge in [0, 0.05) is 6.54 Å². The van der Waals surface area contributed by atoms with Gasteiger partial charge in [-0.15, -0.1) is 0 Å². The maximum Gasteiger partial charge on any atom is 0.122 e. The molecule has 2 rings (SSSR count). The molecule has 2 heteroatoms. The lowest BCUT2D eigenvalue weighted by Gasteiger charge is -2.23. The predicted octanol–water partition coefficient (Wildman–Crippen LogP) is 2.24. The fraction of sp³-hybridized carbons (Fsp3) is 0.538. The zero-order valence-electron chi connectivity index (χ0n) is 9.55. The van der Waals surface area contributed by atoms with Gasteiger partial charge in [-0.2, -0.15) is 0 Å². The molecule has 82 valence electrons. The molecule has 1 aliphatic rings. The molecule has 1 N–H and O–H groups in total. The zero-order valence-corrected chi connectivity index (χ0v) is 9.55. The third kappa shape index (κ3) is 2.32. The van der Waals surface area contributed by atoms with Crippen LogP contribution in [0.2, 0.25) is 0 Å². The molecule has 0 aromatic heterocycles. The van der Waals surface area contributed by atoms with Crippen molar-refractivity contribution in [2.45, 2.75) is 19.8 Å². The molecule has 1 fully saturated rings. The first kappa shape index (κ1) is 10.5. The molecule has 1 atom stereocenters. The largest absolute Gasteiger partial charge is 0.496 e. The molecule has 0 bridgehead atoms. The quantitative estimate of drug-likeness (QED) is 0.817. The van der Waals surface area contributed by atoms with Crippen LogP contribution in [-0.4, -0.2) is 20.2 Å². The van der Waals surface area contributed by atoms with Crippen LogP contribution in [0, 0.1) is 5.41 Å². The lowest BCUT2D eigenvalue weighted by atomic mass is 9.83. The SMILES string of the molecule is COc1ccccc1CC1(C)CCNC1. The van der Waals surface area contributed by atoms with Crippen LogP contribution in [-0.2, 0) is 6.42 Å². The summed E-state index contributed by atoms with van der Waals surface area (Å²) < 4.78 is 5.38. The van der Waals surface area contributed by atoms with Gasteiger partial charge in [0.25, 0.3) is 0 Å². The van der Waals surface area contributed by atoms with Crippen molar-refractivity contribution in [1.29, 1.82) is 0 Å². The van der Waals surface area contributed by atoms with Crippen LogP contribution in [0.15, 0.2) is 24.3 Å². The summed E-state index contributed by atoms with van der Waals surface area (Å²) in [4.78, 5) is 0. The summed E-state index contributed by atoms with van der Waals surface area (Å²) in [6, 6.07) is 8.32. The van der Waals surface area contributed by atoms with Gasteiger partial charge in [-0.1, -0.05) is 25.1 Å². The molecule has 15 heavy (non-hydrogen) atoms. The van der Waals surface area contributed by atoms with Crippen LogP contribution >= 0.6 is 0 Å². The van der Waals surface area contributed by atoms with Crippen molar-refractivity contribution < 1.29 is 4.74 Å². The number of nitrogens with one attached hydrogen (secondary N) is 1. The Balaban J connectivity index is 2.16. The van der Waals surface area contributed by atoms with Gasteiger partial charge in [0.15, 0.2) is 0 Å². The van der Waals surface area contributed by atoms with Gasteiger partial charge < -0.3 is 10.1 Å². The fourth-order valence-corrected chi connectivity index (χ4v) is 2.33. The molecule has 1 aromatic carbocycles. The Morgan fingerprint density at radius 1 is 1.40 bits per heavy atom. The lowest BCUT2D eigenvalue weighted by molar-refractivity contribution is 0.348. The monoisotopic (exact) mass is 205 g/mol. The summed E-state index contributed by atoms with van der Waals surface area (Å²) in [6.07, 6.45) is 2.36. The molecule has 0 amide bonds. The first-order chi connectivity index (χ1) is 7.23. The van der Waals surface area contributed by atoms with E-state index in [4.69, 9.17) is 4.74 Å². The van der Waals surface area contributed by atoms with E-state index in [2.05, 4.69) is 24.4 Å². The van der Waals surface area contributed by atoms with Gasteiger partial charge in [0.2, 0.25) is 0 Å². The molecular weight excluding hydrogens is 186 g/mol. The highest BCUT2D eigenvalue weighted by atomic mass is 16.5. The summed E-state index contributed by atoms with van der Waals surface area (Å²) in [6.45, 7) is 4.61. The number of hydrogen-bond acceptors (Lipinski definition) is 2. The molecule has 0 saturated carbocycles. The molecule has 1 unspecified atom stereocenters. The average molecular weight is 205 g/mol. The third-order valence-electron chi connectivity index (χ3n) is 3.27. The number of rotatable bonds is 3. The van der Waals surface area contributed by atoms with Crippen molar-refractivity contribution in [2.24, 2.45) is 5.41 Å². The van der Waals surface area contributed by atoms with E-state index in [0.717, 1.165) is 25.3 Å². The van der Waals surface area contributed by atoms with Crippen molar-refractivity contribution in [3.8, 4) is 5.75 Å². The fourth-order valence-electron chi connectivity index (χ4n) is 2.33. The van der Waals surface area contributed by atoms with E-state index in [1.165, 1.54) is 12.0 Å². The first-order valence-electron chi connectivity index (χ1n) is 5.56. The zero-order chi connectivity index (χ0) is 10.7. The van der Waals surface area contributed by atoms with Gasteiger partial charge >= 0.3 is 0 Å². The molecule has 1 aliphatic heterocycles. The Kier molecular flexibility index (Phi) is 2.96. The lowest BCUT2D eigenvalue weighted by Crippen LogP contribution is -2.22. The Morgan fingerprint density at radius 3 is 2.87 bits per heavy atom. The predicted molar refractivity (Wildman–Crippen MR) is 62.3 cm³/mol. The molecule has 2 nitrogen and oxygen atoms in total. The minimum atomic E-state index is 0.397. The summed E-state index contributed by atoms with van der Waals surface area (Å²) in [5.74, 6) is 1.02. The van der Waals surface area contributed by atoms with E-state index >= 15 is 0 Å². The van der Waals surface area contributed by atoms with Crippen molar-refractivity contribution in [1.82, 2.24) is 5.32 Å². The highest BCUT2D eigenvalue weighted by molar-refractivity contribution is 5.34. The minimum Gasteiger partial charge on any atom is -0.496 e. The van der Waals surface area contributed by atoms with Gasteiger partial charge in [0.05, 0.1) is 7.11 Å². The maximum atomic E-state index is 5.38. The number of para-hydroxylation sites is 1. The van der Waals surface area contributed by atoms with E-state index in [-0.39, 0.29) is 0 Å². The average Bonchev–Trinajstić information content (AvgIpc) is 2.66. The number of ether oxygens (including phenoxy) is 1. The highest BCUT2D eigenvalue weighted by Gasteiger charge is 2.29. The normalized spacial score (nSPS) is 25.5. The Morgan fingerprint density at radius 2 is 2.20 bits per heavy atom. The summed E-state index contributed by atoms with van der Waals surface area (Å²) in [7, 11) is 1.74. The summed E-state index contributed by atoms with van der Waals surface area (Å²) in [5, 5.41) is 3.43. The van der Waals surface area contributed by atoms with E-state index in [0.29, 0.717) is 5.41 Å². The molecule has 1 aromatic rings. The van der Waals surface area contributed by atoms with E-state index in [9.17, 15) is 0 Å². The van der Waals surface area contributed by atoms with E-state index < -0.39 is 0 Å². The second-order valence-electron chi connectivity index (χ2n) is 4.73. The Labute approximate surface area is 91.6 Å². The smallest absolute Gasteiger partial charge is 0.122 e. The van der Waals surface area contributed by atoms with Crippen molar-refractivity contribution in [3.63, 3.8) is 0 Å². The molecule has 1 saturated heterocycles. The molecule has 0 spiro atoms. The molecular formula is C13H19NO. The van der Waals surface area contributed by atoms with Gasteiger partial charge in [-0.3, -0.25) is 0 Å². The van der Waals surface area contributed by atoms with Crippen LogP contribution in [0.4, 0.5) is 0 Å². The minimum absolute atomic E-state index is 0.397. The van der Waals surface area contributed by atoms with Crippen LogP contribution in [0.25, 0.3) is 0 Å². The van der Waals surface area contributed by atoms with Gasteiger partial charge in [0.1, 0.15) is 5.75 Å². The van der Waals surface area contributed by atoms with Crippen LogP contribution in [0.3, 0.4) is 0 Å². The van der Waals surface area contributed by atoms with Gasteiger partial charge in [-0.25, -0.2) is 0 Å². The van der Waals surface area contributed by atoms with Crippen LogP contribution in [0.5, 0.6) is 5.75 Å². The Hall–Kier alpha value is -1.02. The second kappa shape index (κ2) is 4.23. The summed E-state index contributed by atoms with van der Waals surface area (Å²) >= 11 is 0. The van der Waals surface area contributed by atoms with Gasteiger partial charge in [-0.05, 0) is 36.4 Å².